The first-order valence-corrected chi connectivity index (χ1v) is 9.06. The molecule has 2 aromatic carbocycles. The summed E-state index contributed by atoms with van der Waals surface area (Å²) in [5.41, 5.74) is 3.61. The minimum absolute atomic E-state index is 0.138. The molecule has 1 unspecified atom stereocenters. The summed E-state index contributed by atoms with van der Waals surface area (Å²) in [5.74, 6) is -0.640. The minimum Gasteiger partial charge on any atom is -0.467 e. The van der Waals surface area contributed by atoms with Crippen LogP contribution < -0.4 is 5.32 Å². The van der Waals surface area contributed by atoms with E-state index in [4.69, 9.17) is 4.74 Å². The first-order chi connectivity index (χ1) is 12.6. The number of imidazole rings is 1. The molecule has 0 fully saturated rings. The van der Waals surface area contributed by atoms with Crippen LogP contribution in [-0.4, -0.2) is 34.7 Å². The van der Waals surface area contributed by atoms with Crippen molar-refractivity contribution in [1.82, 2.24) is 15.3 Å². The van der Waals surface area contributed by atoms with E-state index in [0.29, 0.717) is 10.7 Å². The Kier molecular flexibility index (Phi) is 5.58. The number of H-pyrrole nitrogens is 1. The van der Waals surface area contributed by atoms with Gasteiger partial charge in [-0.1, -0.05) is 48.2 Å². The van der Waals surface area contributed by atoms with E-state index < -0.39 is 12.0 Å². The van der Waals surface area contributed by atoms with Crippen molar-refractivity contribution in [2.45, 2.75) is 18.1 Å². The van der Waals surface area contributed by atoms with Gasteiger partial charge in [0.2, 0.25) is 5.91 Å². The molecule has 1 amide bonds. The second-order valence-electron chi connectivity index (χ2n) is 5.79. The number of hydrogen-bond acceptors (Lipinski definition) is 5. The Hall–Kier alpha value is -2.80. The number of aromatic nitrogens is 2. The molecule has 6 nitrogen and oxygen atoms in total. The predicted octanol–water partition coefficient (Wildman–Crippen LogP) is 2.99. The molecule has 7 heteroatoms. The number of nitrogens with zero attached hydrogens (tertiary/aromatic N) is 1. The molecule has 0 aliphatic carbocycles. The number of esters is 1. The van der Waals surface area contributed by atoms with Crippen LogP contribution in [0.5, 0.6) is 0 Å². The van der Waals surface area contributed by atoms with Gasteiger partial charge in [-0.3, -0.25) is 4.79 Å². The number of aromatic amines is 1. The van der Waals surface area contributed by atoms with Gasteiger partial charge in [-0.25, -0.2) is 9.78 Å². The highest BCUT2D eigenvalue weighted by Gasteiger charge is 2.23. The Morgan fingerprint density at radius 3 is 2.73 bits per heavy atom. The summed E-state index contributed by atoms with van der Waals surface area (Å²) < 4.78 is 4.80. The third kappa shape index (κ3) is 4.23. The monoisotopic (exact) mass is 369 g/mol. The zero-order valence-electron chi connectivity index (χ0n) is 14.5. The summed E-state index contributed by atoms with van der Waals surface area (Å²) in [6.45, 7) is 2.01. The lowest BCUT2D eigenvalue weighted by atomic mass is 10.1. The van der Waals surface area contributed by atoms with Gasteiger partial charge in [-0.05, 0) is 30.2 Å². The number of aryl methyl sites for hydroxylation is 1. The molecule has 3 aromatic rings. The van der Waals surface area contributed by atoms with E-state index in [1.807, 2.05) is 43.3 Å². The van der Waals surface area contributed by atoms with Gasteiger partial charge in [0, 0.05) is 0 Å². The molecule has 2 N–H and O–H groups in total. The second kappa shape index (κ2) is 8.05. The number of amides is 1. The van der Waals surface area contributed by atoms with Crippen LogP contribution in [0.25, 0.3) is 11.0 Å². The largest absolute Gasteiger partial charge is 0.467 e. The van der Waals surface area contributed by atoms with Crippen LogP contribution in [0.4, 0.5) is 0 Å². The average Bonchev–Trinajstić information content (AvgIpc) is 3.06. The van der Waals surface area contributed by atoms with Crippen LogP contribution in [0, 0.1) is 6.92 Å². The third-order valence-corrected chi connectivity index (χ3v) is 4.70. The van der Waals surface area contributed by atoms with Crippen LogP contribution in [0.2, 0.25) is 0 Å². The first kappa shape index (κ1) is 18.0. The maximum absolute atomic E-state index is 12.3. The Morgan fingerprint density at radius 2 is 2.00 bits per heavy atom. The maximum Gasteiger partial charge on any atom is 0.333 e. The van der Waals surface area contributed by atoms with Crippen molar-refractivity contribution in [2.75, 3.05) is 12.9 Å². The van der Waals surface area contributed by atoms with Gasteiger partial charge in [-0.15, -0.1) is 0 Å². The van der Waals surface area contributed by atoms with Crippen molar-refractivity contribution >= 4 is 34.7 Å². The maximum atomic E-state index is 12.3. The van der Waals surface area contributed by atoms with Gasteiger partial charge in [0.05, 0.1) is 23.9 Å². The van der Waals surface area contributed by atoms with Gasteiger partial charge >= 0.3 is 5.97 Å². The van der Waals surface area contributed by atoms with E-state index in [1.54, 1.807) is 12.1 Å². The van der Waals surface area contributed by atoms with Crippen LogP contribution in [0.1, 0.15) is 17.2 Å². The number of hydrogen-bond donors (Lipinski definition) is 2. The van der Waals surface area contributed by atoms with Gasteiger partial charge in [0.15, 0.2) is 11.2 Å². The van der Waals surface area contributed by atoms with E-state index in [0.717, 1.165) is 16.6 Å². The summed E-state index contributed by atoms with van der Waals surface area (Å²) in [5, 5.41) is 3.38. The molecule has 0 saturated heterocycles. The molecule has 0 radical (unpaired) electrons. The fourth-order valence-electron chi connectivity index (χ4n) is 2.55. The Labute approximate surface area is 155 Å². The van der Waals surface area contributed by atoms with E-state index in [-0.39, 0.29) is 11.7 Å². The molecule has 0 bridgehead atoms. The summed E-state index contributed by atoms with van der Waals surface area (Å²) >= 11 is 1.29. The molecule has 3 rings (SSSR count). The lowest BCUT2D eigenvalue weighted by Gasteiger charge is -2.16. The van der Waals surface area contributed by atoms with E-state index in [2.05, 4.69) is 15.3 Å². The molecule has 1 atom stereocenters. The van der Waals surface area contributed by atoms with Gasteiger partial charge in [-0.2, -0.15) is 0 Å². The van der Waals surface area contributed by atoms with Crippen molar-refractivity contribution in [3.63, 3.8) is 0 Å². The fourth-order valence-corrected chi connectivity index (χ4v) is 3.24. The van der Waals surface area contributed by atoms with Crippen molar-refractivity contribution in [3.05, 3.63) is 59.7 Å². The van der Waals surface area contributed by atoms with E-state index in [1.165, 1.54) is 18.9 Å². The van der Waals surface area contributed by atoms with Crippen LogP contribution in [-0.2, 0) is 14.3 Å². The molecule has 134 valence electrons. The molecule has 0 saturated carbocycles. The number of carbonyl (C=O) groups excluding carboxylic acids is 2. The number of ether oxygens (including phenoxy) is 1. The fraction of sp³-hybridized carbons (Fsp3) is 0.211. The summed E-state index contributed by atoms with van der Waals surface area (Å²) in [6.07, 6.45) is 0. The summed E-state index contributed by atoms with van der Waals surface area (Å²) in [7, 11) is 1.30. The summed E-state index contributed by atoms with van der Waals surface area (Å²) in [4.78, 5) is 32.0. The minimum atomic E-state index is -0.826. The Morgan fingerprint density at radius 1 is 1.23 bits per heavy atom. The standard InChI is InChI=1S/C19H19N3O3S/c1-12-8-9-14-15(10-12)21-19(20-14)26-11-16(23)22-17(18(24)25-2)13-6-4-3-5-7-13/h3-10,17H,11H2,1-2H3,(H,20,21)(H,22,23). The lowest BCUT2D eigenvalue weighted by molar-refractivity contribution is -0.145. The van der Waals surface area contributed by atoms with E-state index in [9.17, 15) is 9.59 Å². The second-order valence-corrected chi connectivity index (χ2v) is 6.75. The van der Waals surface area contributed by atoms with Crippen molar-refractivity contribution < 1.29 is 14.3 Å². The molecule has 1 heterocycles. The quantitative estimate of drug-likeness (QED) is 0.515. The number of fused-ring (bicyclic) bond motifs is 1. The molecular formula is C19H19N3O3S. The number of rotatable bonds is 6. The first-order valence-electron chi connectivity index (χ1n) is 8.08. The number of benzene rings is 2. The van der Waals surface area contributed by atoms with Crippen molar-refractivity contribution in [3.8, 4) is 0 Å². The topological polar surface area (TPSA) is 84.1 Å². The Bertz CT molecular complexity index is 924. The van der Waals surface area contributed by atoms with Crippen molar-refractivity contribution in [1.29, 1.82) is 0 Å². The lowest BCUT2D eigenvalue weighted by Crippen LogP contribution is -2.35. The number of carbonyl (C=O) groups is 2. The van der Waals surface area contributed by atoms with E-state index >= 15 is 0 Å². The average molecular weight is 369 g/mol. The normalized spacial score (nSPS) is 11.9. The molecule has 1 aromatic heterocycles. The third-order valence-electron chi connectivity index (χ3n) is 3.83. The zero-order valence-corrected chi connectivity index (χ0v) is 15.3. The predicted molar refractivity (Wildman–Crippen MR) is 101 cm³/mol. The molecule has 0 aliphatic rings. The smallest absolute Gasteiger partial charge is 0.333 e. The van der Waals surface area contributed by atoms with Crippen LogP contribution in [0.15, 0.2) is 53.7 Å². The Balaban J connectivity index is 1.65. The molecular weight excluding hydrogens is 350 g/mol. The zero-order chi connectivity index (χ0) is 18.5. The van der Waals surface area contributed by atoms with Crippen LogP contribution >= 0.6 is 11.8 Å². The summed E-state index contributed by atoms with van der Waals surface area (Å²) in [6, 6.07) is 14.1. The SMILES string of the molecule is COC(=O)C(NC(=O)CSc1nc2ccc(C)cc2[nH]1)c1ccccc1. The van der Waals surface area contributed by atoms with Crippen molar-refractivity contribution in [2.24, 2.45) is 0 Å². The highest BCUT2D eigenvalue weighted by atomic mass is 32.2. The van der Waals surface area contributed by atoms with Crippen LogP contribution in [0.3, 0.4) is 0 Å². The molecule has 26 heavy (non-hydrogen) atoms. The molecule has 0 aliphatic heterocycles. The molecule has 0 spiro atoms. The van der Waals surface area contributed by atoms with Gasteiger partial charge < -0.3 is 15.0 Å². The number of nitrogens with one attached hydrogen (secondary N) is 2. The van der Waals surface area contributed by atoms with Gasteiger partial charge in [0.25, 0.3) is 0 Å². The number of thioether (sulfide) groups is 1. The highest BCUT2D eigenvalue weighted by Crippen LogP contribution is 2.21. The number of methoxy groups -OCH3 is 1. The highest BCUT2D eigenvalue weighted by molar-refractivity contribution is 7.99. The van der Waals surface area contributed by atoms with Gasteiger partial charge in [0.1, 0.15) is 0 Å².